The maximum Gasteiger partial charge on any atom is 0.0700 e. The van der Waals surface area contributed by atoms with Crippen LogP contribution in [0.2, 0.25) is 0 Å². The molecule has 0 spiro atoms. The van der Waals surface area contributed by atoms with Crippen LogP contribution in [0.5, 0.6) is 0 Å². The summed E-state index contributed by atoms with van der Waals surface area (Å²) in [7, 11) is 1.71. The number of unbranched alkanes of at least 4 members (excludes halogenated alkanes) is 3. The first-order valence-corrected chi connectivity index (χ1v) is 6.80. The van der Waals surface area contributed by atoms with Gasteiger partial charge in [-0.1, -0.05) is 12.8 Å². The van der Waals surface area contributed by atoms with Crippen molar-refractivity contribution in [3.63, 3.8) is 0 Å². The van der Waals surface area contributed by atoms with Crippen molar-refractivity contribution < 1.29 is 14.2 Å². The highest BCUT2D eigenvalue weighted by Crippen LogP contribution is 2.00. The van der Waals surface area contributed by atoms with Crippen LogP contribution in [0.3, 0.4) is 0 Å². The molecule has 0 fully saturated rings. The Morgan fingerprint density at radius 1 is 0.688 bits per heavy atom. The smallest absolute Gasteiger partial charge is 0.0700 e. The van der Waals surface area contributed by atoms with E-state index in [-0.39, 0.29) is 0 Å². The SMILES string of the molecule is COCCCOCCOCCCCCCS. The maximum atomic E-state index is 5.45. The van der Waals surface area contributed by atoms with Crippen LogP contribution >= 0.6 is 12.6 Å². The lowest BCUT2D eigenvalue weighted by molar-refractivity contribution is 0.0387. The van der Waals surface area contributed by atoms with Crippen LogP contribution in [0.25, 0.3) is 0 Å². The third-order valence-corrected chi connectivity index (χ3v) is 2.52. The van der Waals surface area contributed by atoms with E-state index in [1.54, 1.807) is 7.11 Å². The molecule has 0 saturated carbocycles. The molecule has 3 nitrogen and oxygen atoms in total. The average molecular weight is 250 g/mol. The Morgan fingerprint density at radius 2 is 1.31 bits per heavy atom. The molecule has 0 N–H and O–H groups in total. The lowest BCUT2D eigenvalue weighted by atomic mass is 10.2. The van der Waals surface area contributed by atoms with E-state index in [0.29, 0.717) is 13.2 Å². The van der Waals surface area contributed by atoms with Crippen LogP contribution in [0.4, 0.5) is 0 Å². The Morgan fingerprint density at radius 3 is 1.94 bits per heavy atom. The Hall–Kier alpha value is 0.230. The number of hydrogen-bond donors (Lipinski definition) is 1. The molecule has 0 aliphatic carbocycles. The van der Waals surface area contributed by atoms with E-state index in [4.69, 9.17) is 14.2 Å². The summed E-state index contributed by atoms with van der Waals surface area (Å²) in [5.74, 6) is 0.996. The average Bonchev–Trinajstić information content (AvgIpc) is 2.31. The van der Waals surface area contributed by atoms with Gasteiger partial charge in [-0.05, 0) is 25.0 Å². The molecule has 0 aliphatic rings. The number of ether oxygens (including phenoxy) is 3. The molecule has 0 atom stereocenters. The van der Waals surface area contributed by atoms with Gasteiger partial charge < -0.3 is 14.2 Å². The lowest BCUT2D eigenvalue weighted by Gasteiger charge is -2.05. The highest BCUT2D eigenvalue weighted by Gasteiger charge is 1.92. The maximum absolute atomic E-state index is 5.45. The molecule has 0 aliphatic heterocycles. The number of hydrogen-bond acceptors (Lipinski definition) is 4. The predicted octanol–water partition coefficient (Wildman–Crippen LogP) is 2.55. The largest absolute Gasteiger partial charge is 0.385 e. The van der Waals surface area contributed by atoms with Crippen LogP contribution in [0.1, 0.15) is 32.1 Å². The van der Waals surface area contributed by atoms with Gasteiger partial charge in [0.25, 0.3) is 0 Å². The molecule has 0 aromatic rings. The van der Waals surface area contributed by atoms with Crippen LogP contribution in [-0.2, 0) is 14.2 Å². The Bertz CT molecular complexity index is 109. The van der Waals surface area contributed by atoms with E-state index in [2.05, 4.69) is 12.6 Å². The first kappa shape index (κ1) is 16.2. The first-order valence-electron chi connectivity index (χ1n) is 6.17. The van der Waals surface area contributed by atoms with E-state index >= 15 is 0 Å². The molecule has 0 aromatic heterocycles. The van der Waals surface area contributed by atoms with Gasteiger partial charge in [0.15, 0.2) is 0 Å². The quantitative estimate of drug-likeness (QED) is 0.402. The molecule has 0 unspecified atom stereocenters. The monoisotopic (exact) mass is 250 g/mol. The van der Waals surface area contributed by atoms with Crippen molar-refractivity contribution in [3.05, 3.63) is 0 Å². The summed E-state index contributed by atoms with van der Waals surface area (Å²) < 4.78 is 15.7. The minimum atomic E-state index is 0.695. The second-order valence-corrected chi connectivity index (χ2v) is 4.16. The molecule has 0 bridgehead atoms. The van der Waals surface area contributed by atoms with Gasteiger partial charge in [0, 0.05) is 26.9 Å². The van der Waals surface area contributed by atoms with E-state index in [1.807, 2.05) is 0 Å². The van der Waals surface area contributed by atoms with Crippen molar-refractivity contribution in [2.24, 2.45) is 0 Å². The molecule has 4 heteroatoms. The molecule has 0 aromatic carbocycles. The van der Waals surface area contributed by atoms with E-state index in [9.17, 15) is 0 Å². The van der Waals surface area contributed by atoms with Crippen LogP contribution in [0, 0.1) is 0 Å². The van der Waals surface area contributed by atoms with Crippen molar-refractivity contribution in [2.75, 3.05) is 45.9 Å². The van der Waals surface area contributed by atoms with E-state index < -0.39 is 0 Å². The fourth-order valence-corrected chi connectivity index (χ4v) is 1.52. The van der Waals surface area contributed by atoms with Crippen molar-refractivity contribution in [3.8, 4) is 0 Å². The summed E-state index contributed by atoms with van der Waals surface area (Å²) in [5.41, 5.74) is 0. The van der Waals surface area contributed by atoms with Crippen LogP contribution in [-0.4, -0.2) is 45.9 Å². The fourth-order valence-electron chi connectivity index (χ4n) is 1.30. The van der Waals surface area contributed by atoms with Gasteiger partial charge in [-0.2, -0.15) is 12.6 Å². The van der Waals surface area contributed by atoms with Crippen molar-refractivity contribution in [1.29, 1.82) is 0 Å². The highest BCUT2D eigenvalue weighted by atomic mass is 32.1. The molecule has 0 saturated heterocycles. The van der Waals surface area contributed by atoms with Gasteiger partial charge in [0.2, 0.25) is 0 Å². The topological polar surface area (TPSA) is 27.7 Å². The Labute approximate surface area is 105 Å². The molecule has 98 valence electrons. The summed E-state index contributed by atoms with van der Waals surface area (Å²) in [6, 6.07) is 0. The zero-order chi connectivity index (χ0) is 11.9. The molecule has 0 rings (SSSR count). The first-order chi connectivity index (χ1) is 7.91. The molecule has 0 heterocycles. The third kappa shape index (κ3) is 14.2. The molecule has 0 radical (unpaired) electrons. The van der Waals surface area contributed by atoms with E-state index in [0.717, 1.165) is 38.4 Å². The third-order valence-electron chi connectivity index (χ3n) is 2.21. The Balaban J connectivity index is 2.83. The summed E-state index contributed by atoms with van der Waals surface area (Å²) in [4.78, 5) is 0. The van der Waals surface area contributed by atoms with Gasteiger partial charge in [-0.25, -0.2) is 0 Å². The van der Waals surface area contributed by atoms with Gasteiger partial charge in [0.05, 0.1) is 13.2 Å². The van der Waals surface area contributed by atoms with Crippen molar-refractivity contribution >= 4 is 12.6 Å². The number of thiol groups is 1. The molecular formula is C12H26O3S. The minimum absolute atomic E-state index is 0.695. The minimum Gasteiger partial charge on any atom is -0.385 e. The van der Waals surface area contributed by atoms with Gasteiger partial charge in [-0.15, -0.1) is 0 Å². The highest BCUT2D eigenvalue weighted by molar-refractivity contribution is 7.80. The summed E-state index contributed by atoms with van der Waals surface area (Å²) >= 11 is 4.17. The zero-order valence-corrected chi connectivity index (χ0v) is 11.3. The number of methoxy groups -OCH3 is 1. The fraction of sp³-hybridized carbons (Fsp3) is 1.00. The van der Waals surface area contributed by atoms with Crippen molar-refractivity contribution in [2.45, 2.75) is 32.1 Å². The summed E-state index contributed by atoms with van der Waals surface area (Å²) in [6.07, 6.45) is 5.83. The van der Waals surface area contributed by atoms with Gasteiger partial charge in [0.1, 0.15) is 0 Å². The van der Waals surface area contributed by atoms with Gasteiger partial charge in [-0.3, -0.25) is 0 Å². The Kier molecular flexibility index (Phi) is 15.4. The zero-order valence-electron chi connectivity index (χ0n) is 10.5. The summed E-state index contributed by atoms with van der Waals surface area (Å²) in [5, 5.41) is 0. The lowest BCUT2D eigenvalue weighted by Crippen LogP contribution is -2.07. The second kappa shape index (κ2) is 15.2. The molecule has 16 heavy (non-hydrogen) atoms. The number of rotatable bonds is 13. The van der Waals surface area contributed by atoms with Crippen molar-refractivity contribution in [1.82, 2.24) is 0 Å². The predicted molar refractivity (Wildman–Crippen MR) is 70.5 cm³/mol. The van der Waals surface area contributed by atoms with E-state index in [1.165, 1.54) is 19.3 Å². The van der Waals surface area contributed by atoms with Crippen LogP contribution < -0.4 is 0 Å². The summed E-state index contributed by atoms with van der Waals surface area (Å²) in [6.45, 7) is 3.79. The normalized spacial score (nSPS) is 10.9. The van der Waals surface area contributed by atoms with Gasteiger partial charge >= 0.3 is 0 Å². The molecular weight excluding hydrogens is 224 g/mol. The van der Waals surface area contributed by atoms with Crippen LogP contribution in [0.15, 0.2) is 0 Å². The second-order valence-electron chi connectivity index (χ2n) is 3.71. The standard InChI is InChI=1S/C12H26O3S/c1-13-7-6-9-15-11-10-14-8-4-2-3-5-12-16/h16H,2-12H2,1H3. The molecule has 0 amide bonds.